The summed E-state index contributed by atoms with van der Waals surface area (Å²) < 4.78 is 5.75. The van der Waals surface area contributed by atoms with Crippen LogP contribution in [-0.4, -0.2) is 42.3 Å². The number of anilines is 1. The van der Waals surface area contributed by atoms with Crippen LogP contribution in [0.3, 0.4) is 0 Å². The van der Waals surface area contributed by atoms with Crippen molar-refractivity contribution in [3.63, 3.8) is 0 Å². The Labute approximate surface area is 149 Å². The van der Waals surface area contributed by atoms with Crippen LogP contribution in [0.25, 0.3) is 0 Å². The van der Waals surface area contributed by atoms with Crippen LogP contribution >= 0.6 is 0 Å². The molecule has 1 aromatic heterocycles. The Morgan fingerprint density at radius 2 is 1.92 bits per heavy atom. The van der Waals surface area contributed by atoms with Crippen molar-refractivity contribution in [3.05, 3.63) is 47.9 Å². The summed E-state index contributed by atoms with van der Waals surface area (Å²) in [6.07, 6.45) is 7.53. The number of nitrogens with one attached hydrogen (secondary N) is 1. The molecule has 25 heavy (non-hydrogen) atoms. The molecule has 1 aliphatic heterocycles. The fraction of sp³-hybridized carbons (Fsp3) is 0.500. The lowest BCUT2D eigenvalue weighted by atomic mass is 10.0. The zero-order chi connectivity index (χ0) is 16.9. The molecule has 0 amide bonds. The SMILES string of the molecule is c1ccc(OCCNC2CCN(c3ncnc4c3CCC4)CC2)cc1. The first-order valence-electron chi connectivity index (χ1n) is 9.39. The van der Waals surface area contributed by atoms with Crippen LogP contribution in [0.1, 0.15) is 30.5 Å². The van der Waals surface area contributed by atoms with Crippen LogP contribution in [0.15, 0.2) is 36.7 Å². The highest BCUT2D eigenvalue weighted by Gasteiger charge is 2.24. The average molecular weight is 338 g/mol. The van der Waals surface area contributed by atoms with Crippen molar-refractivity contribution < 1.29 is 4.74 Å². The lowest BCUT2D eigenvalue weighted by molar-refractivity contribution is 0.296. The van der Waals surface area contributed by atoms with E-state index < -0.39 is 0 Å². The number of hydrogen-bond acceptors (Lipinski definition) is 5. The van der Waals surface area contributed by atoms with Crippen molar-refractivity contribution in [1.29, 1.82) is 0 Å². The standard InChI is InChI=1S/C20H26N4O/c1-2-5-17(6-3-1)25-14-11-21-16-9-12-24(13-10-16)20-18-7-4-8-19(18)22-15-23-20/h1-3,5-6,15-16,21H,4,7-14H2. The van der Waals surface area contributed by atoms with E-state index in [0.29, 0.717) is 12.6 Å². The predicted molar refractivity (Wildman–Crippen MR) is 99.2 cm³/mol. The van der Waals surface area contributed by atoms with Crippen LogP contribution < -0.4 is 15.0 Å². The van der Waals surface area contributed by atoms with E-state index in [9.17, 15) is 0 Å². The third-order valence-electron chi connectivity index (χ3n) is 5.19. The quantitative estimate of drug-likeness (QED) is 0.821. The molecule has 1 aromatic carbocycles. The number of ether oxygens (including phenoxy) is 1. The van der Waals surface area contributed by atoms with Gasteiger partial charge in [-0.05, 0) is 44.2 Å². The molecule has 2 heterocycles. The second-order valence-corrected chi connectivity index (χ2v) is 6.85. The summed E-state index contributed by atoms with van der Waals surface area (Å²) in [5.41, 5.74) is 2.66. The normalized spacial score (nSPS) is 17.5. The van der Waals surface area contributed by atoms with Crippen molar-refractivity contribution in [2.45, 2.75) is 38.1 Å². The molecule has 2 aromatic rings. The van der Waals surface area contributed by atoms with Gasteiger partial charge in [0.05, 0.1) is 0 Å². The number of nitrogens with zero attached hydrogens (tertiary/aromatic N) is 3. The molecule has 0 atom stereocenters. The van der Waals surface area contributed by atoms with Crippen molar-refractivity contribution in [3.8, 4) is 5.75 Å². The molecular formula is C20H26N4O. The van der Waals surface area contributed by atoms with E-state index in [0.717, 1.165) is 51.1 Å². The largest absolute Gasteiger partial charge is 0.492 e. The van der Waals surface area contributed by atoms with Gasteiger partial charge in [-0.2, -0.15) is 0 Å². The molecule has 1 saturated heterocycles. The van der Waals surface area contributed by atoms with Crippen molar-refractivity contribution >= 4 is 5.82 Å². The van der Waals surface area contributed by atoms with Crippen molar-refractivity contribution in [1.82, 2.24) is 15.3 Å². The molecule has 1 aliphatic carbocycles. The van der Waals surface area contributed by atoms with Crippen LogP contribution in [0.2, 0.25) is 0 Å². The van der Waals surface area contributed by atoms with Crippen LogP contribution in [-0.2, 0) is 12.8 Å². The van der Waals surface area contributed by atoms with Crippen LogP contribution in [0, 0.1) is 0 Å². The van der Waals surface area contributed by atoms with E-state index in [1.807, 2.05) is 30.3 Å². The maximum atomic E-state index is 5.75. The van der Waals surface area contributed by atoms with Gasteiger partial charge in [0.15, 0.2) is 0 Å². The van der Waals surface area contributed by atoms with Gasteiger partial charge in [-0.3, -0.25) is 0 Å². The molecule has 5 nitrogen and oxygen atoms in total. The molecule has 1 N–H and O–H groups in total. The number of rotatable bonds is 6. The highest BCUT2D eigenvalue weighted by atomic mass is 16.5. The summed E-state index contributed by atoms with van der Waals surface area (Å²) >= 11 is 0. The fourth-order valence-electron chi connectivity index (χ4n) is 3.86. The Morgan fingerprint density at radius 3 is 2.76 bits per heavy atom. The van der Waals surface area contributed by atoms with Gasteiger partial charge in [0.2, 0.25) is 0 Å². The summed E-state index contributed by atoms with van der Waals surface area (Å²) in [6.45, 7) is 3.74. The molecule has 0 bridgehead atoms. The Balaban J connectivity index is 1.22. The van der Waals surface area contributed by atoms with Crippen LogP contribution in [0.5, 0.6) is 5.75 Å². The van der Waals surface area contributed by atoms with Gasteiger partial charge in [-0.1, -0.05) is 18.2 Å². The number of aryl methyl sites for hydroxylation is 1. The summed E-state index contributed by atoms with van der Waals surface area (Å²) in [5.74, 6) is 2.13. The summed E-state index contributed by atoms with van der Waals surface area (Å²) in [4.78, 5) is 11.5. The third-order valence-corrected chi connectivity index (χ3v) is 5.19. The maximum absolute atomic E-state index is 5.75. The summed E-state index contributed by atoms with van der Waals surface area (Å²) in [6, 6.07) is 10.6. The fourth-order valence-corrected chi connectivity index (χ4v) is 3.86. The van der Waals surface area contributed by atoms with E-state index in [4.69, 9.17) is 4.74 Å². The van der Waals surface area contributed by atoms with Gasteiger partial charge in [-0.15, -0.1) is 0 Å². The van der Waals surface area contributed by atoms with E-state index in [1.165, 1.54) is 23.5 Å². The second kappa shape index (κ2) is 7.83. The minimum absolute atomic E-state index is 0.575. The Bertz CT molecular complexity index is 683. The zero-order valence-electron chi connectivity index (χ0n) is 14.7. The number of para-hydroxylation sites is 1. The van der Waals surface area contributed by atoms with Gasteiger partial charge < -0.3 is 15.0 Å². The highest BCUT2D eigenvalue weighted by Crippen LogP contribution is 2.29. The minimum atomic E-state index is 0.575. The molecule has 0 unspecified atom stereocenters. The lowest BCUT2D eigenvalue weighted by Gasteiger charge is -2.34. The van der Waals surface area contributed by atoms with Gasteiger partial charge in [0.25, 0.3) is 0 Å². The summed E-state index contributed by atoms with van der Waals surface area (Å²) in [5, 5.41) is 3.63. The highest BCUT2D eigenvalue weighted by molar-refractivity contribution is 5.50. The number of hydrogen-bond donors (Lipinski definition) is 1. The Hall–Kier alpha value is -2.14. The second-order valence-electron chi connectivity index (χ2n) is 6.85. The predicted octanol–water partition coefficient (Wildman–Crippen LogP) is 2.60. The topological polar surface area (TPSA) is 50.3 Å². The number of aromatic nitrogens is 2. The first kappa shape index (κ1) is 16.3. The Kier molecular flexibility index (Phi) is 5.11. The zero-order valence-corrected chi connectivity index (χ0v) is 14.7. The van der Waals surface area contributed by atoms with Crippen molar-refractivity contribution in [2.24, 2.45) is 0 Å². The van der Waals surface area contributed by atoms with E-state index in [1.54, 1.807) is 6.33 Å². The van der Waals surface area contributed by atoms with Crippen LogP contribution in [0.4, 0.5) is 5.82 Å². The number of benzene rings is 1. The smallest absolute Gasteiger partial charge is 0.135 e. The lowest BCUT2D eigenvalue weighted by Crippen LogP contribution is -2.44. The van der Waals surface area contributed by atoms with Gasteiger partial charge in [0, 0.05) is 36.9 Å². The first-order valence-corrected chi connectivity index (χ1v) is 9.39. The molecule has 2 aliphatic rings. The van der Waals surface area contributed by atoms with E-state index >= 15 is 0 Å². The molecule has 0 radical (unpaired) electrons. The molecular weight excluding hydrogens is 312 g/mol. The first-order chi connectivity index (χ1) is 12.4. The number of piperidine rings is 1. The molecule has 132 valence electrons. The molecule has 0 spiro atoms. The maximum Gasteiger partial charge on any atom is 0.135 e. The van der Waals surface area contributed by atoms with Gasteiger partial charge in [0.1, 0.15) is 24.5 Å². The monoisotopic (exact) mass is 338 g/mol. The average Bonchev–Trinajstić information content (AvgIpc) is 3.15. The van der Waals surface area contributed by atoms with E-state index in [-0.39, 0.29) is 0 Å². The molecule has 5 heteroatoms. The van der Waals surface area contributed by atoms with Gasteiger partial charge >= 0.3 is 0 Å². The van der Waals surface area contributed by atoms with E-state index in [2.05, 4.69) is 20.2 Å². The van der Waals surface area contributed by atoms with Crippen molar-refractivity contribution in [2.75, 3.05) is 31.1 Å². The molecule has 4 rings (SSSR count). The minimum Gasteiger partial charge on any atom is -0.492 e. The number of fused-ring (bicyclic) bond motifs is 1. The van der Waals surface area contributed by atoms with Gasteiger partial charge in [-0.25, -0.2) is 9.97 Å². The molecule has 1 fully saturated rings. The summed E-state index contributed by atoms with van der Waals surface area (Å²) in [7, 11) is 0. The third kappa shape index (κ3) is 3.93. The Morgan fingerprint density at radius 1 is 1.08 bits per heavy atom. The molecule has 0 saturated carbocycles.